The smallest absolute Gasteiger partial charge is 0.293 e. The van der Waals surface area contributed by atoms with Crippen LogP contribution >= 0.6 is 11.6 Å². The van der Waals surface area contributed by atoms with Crippen molar-refractivity contribution in [1.29, 1.82) is 0 Å². The quantitative estimate of drug-likeness (QED) is 0.633. The Morgan fingerprint density at radius 1 is 1.71 bits per heavy atom. The summed E-state index contributed by atoms with van der Waals surface area (Å²) >= 11 is 5.75. The lowest BCUT2D eigenvalue weighted by Gasteiger charge is -1.92. The van der Waals surface area contributed by atoms with Crippen LogP contribution in [-0.2, 0) is 0 Å². The van der Waals surface area contributed by atoms with Gasteiger partial charge in [-0.1, -0.05) is 16.8 Å². The maximum atomic E-state index is 11.5. The second-order valence-corrected chi connectivity index (χ2v) is 3.56. The van der Waals surface area contributed by atoms with Gasteiger partial charge in [0.05, 0.1) is 23.1 Å². The van der Waals surface area contributed by atoms with Crippen LogP contribution in [0.2, 0.25) is 5.02 Å². The molecule has 2 heterocycles. The van der Waals surface area contributed by atoms with Gasteiger partial charge in [0.1, 0.15) is 5.76 Å². The predicted molar refractivity (Wildman–Crippen MR) is 59.9 cm³/mol. The van der Waals surface area contributed by atoms with E-state index in [1.54, 1.807) is 6.92 Å². The van der Waals surface area contributed by atoms with E-state index in [1.165, 1.54) is 18.5 Å². The molecule has 0 aliphatic heterocycles. The molecule has 0 fully saturated rings. The Balaban J connectivity index is 1.97. The number of hydrogen-bond acceptors (Lipinski definition) is 5. The van der Waals surface area contributed by atoms with Crippen LogP contribution in [0.3, 0.4) is 0 Å². The zero-order chi connectivity index (χ0) is 12.3. The Kier molecular flexibility index (Phi) is 3.20. The van der Waals surface area contributed by atoms with Crippen LogP contribution < -0.4 is 5.43 Å². The molecule has 2 rings (SSSR count). The van der Waals surface area contributed by atoms with E-state index in [2.05, 4.69) is 25.9 Å². The molecule has 0 spiro atoms. The predicted octanol–water partition coefficient (Wildman–Crippen LogP) is 1.12. The van der Waals surface area contributed by atoms with Gasteiger partial charge in [-0.25, -0.2) is 5.43 Å². The molecule has 7 nitrogen and oxygen atoms in total. The SMILES string of the molecule is Cc1cc(C(=O)N/N=C\c2[nH]ncc2Cl)no1. The first-order valence-electron chi connectivity index (χ1n) is 4.62. The number of aryl methyl sites for hydroxylation is 1. The van der Waals surface area contributed by atoms with Crippen molar-refractivity contribution in [2.45, 2.75) is 6.92 Å². The van der Waals surface area contributed by atoms with Crippen LogP contribution in [0.25, 0.3) is 0 Å². The molecule has 0 atom stereocenters. The zero-order valence-electron chi connectivity index (χ0n) is 8.77. The third-order valence-corrected chi connectivity index (χ3v) is 2.14. The molecule has 17 heavy (non-hydrogen) atoms. The Morgan fingerprint density at radius 2 is 2.53 bits per heavy atom. The number of hydrogen-bond donors (Lipinski definition) is 2. The molecule has 0 saturated carbocycles. The van der Waals surface area contributed by atoms with Crippen molar-refractivity contribution in [3.05, 3.63) is 34.4 Å². The van der Waals surface area contributed by atoms with Gasteiger partial charge in [-0.05, 0) is 6.92 Å². The largest absolute Gasteiger partial charge is 0.361 e. The summed E-state index contributed by atoms with van der Waals surface area (Å²) in [6.45, 7) is 1.69. The lowest BCUT2D eigenvalue weighted by atomic mass is 10.4. The molecule has 0 radical (unpaired) electrons. The summed E-state index contributed by atoms with van der Waals surface area (Å²) in [4.78, 5) is 11.5. The van der Waals surface area contributed by atoms with Crippen molar-refractivity contribution in [3.63, 3.8) is 0 Å². The fourth-order valence-electron chi connectivity index (χ4n) is 1.06. The molecule has 0 aromatic carbocycles. The number of carbonyl (C=O) groups is 1. The van der Waals surface area contributed by atoms with Gasteiger partial charge < -0.3 is 4.52 Å². The standard InChI is InChI=1S/C9H8ClN5O2/c1-5-2-7(15-17-5)9(16)14-12-4-8-6(10)3-11-13-8/h2-4H,1H3,(H,11,13)(H,14,16)/b12-4-. The highest BCUT2D eigenvalue weighted by molar-refractivity contribution is 6.32. The maximum absolute atomic E-state index is 11.5. The van der Waals surface area contributed by atoms with Crippen molar-refractivity contribution < 1.29 is 9.32 Å². The molecule has 1 amide bonds. The number of aromatic amines is 1. The lowest BCUT2D eigenvalue weighted by molar-refractivity contribution is 0.0946. The number of nitrogens with one attached hydrogen (secondary N) is 2. The number of hydrazone groups is 1. The molecule has 0 aliphatic carbocycles. The van der Waals surface area contributed by atoms with Gasteiger partial charge in [-0.15, -0.1) is 0 Å². The Hall–Kier alpha value is -2.15. The van der Waals surface area contributed by atoms with E-state index in [0.29, 0.717) is 16.5 Å². The molecule has 0 saturated heterocycles. The number of amides is 1. The number of carbonyl (C=O) groups excluding carboxylic acids is 1. The fraction of sp³-hybridized carbons (Fsp3) is 0.111. The summed E-state index contributed by atoms with van der Waals surface area (Å²) in [7, 11) is 0. The van der Waals surface area contributed by atoms with Crippen LogP contribution in [0.1, 0.15) is 21.9 Å². The third kappa shape index (κ3) is 2.70. The topological polar surface area (TPSA) is 96.2 Å². The molecule has 8 heteroatoms. The molecule has 2 N–H and O–H groups in total. The summed E-state index contributed by atoms with van der Waals surface area (Å²) in [5.41, 5.74) is 2.94. The molecular weight excluding hydrogens is 246 g/mol. The minimum Gasteiger partial charge on any atom is -0.361 e. The monoisotopic (exact) mass is 253 g/mol. The highest BCUT2D eigenvalue weighted by atomic mass is 35.5. The lowest BCUT2D eigenvalue weighted by Crippen LogP contribution is -2.17. The van der Waals surface area contributed by atoms with E-state index in [-0.39, 0.29) is 5.69 Å². The molecule has 0 unspecified atom stereocenters. The van der Waals surface area contributed by atoms with Gasteiger partial charge in [-0.2, -0.15) is 10.2 Å². The normalized spacial score (nSPS) is 10.9. The number of H-pyrrole nitrogens is 1. The number of rotatable bonds is 3. The fourth-order valence-corrected chi connectivity index (χ4v) is 1.20. The van der Waals surface area contributed by atoms with E-state index < -0.39 is 5.91 Å². The number of aromatic nitrogens is 3. The highest BCUT2D eigenvalue weighted by Crippen LogP contribution is 2.08. The summed E-state index contributed by atoms with van der Waals surface area (Å²) in [5, 5.41) is 14.0. The summed E-state index contributed by atoms with van der Waals surface area (Å²) in [5.74, 6) is 0.0875. The van der Waals surface area contributed by atoms with E-state index in [1.807, 2.05) is 0 Å². The van der Waals surface area contributed by atoms with Crippen LogP contribution in [-0.4, -0.2) is 27.5 Å². The average molecular weight is 254 g/mol. The van der Waals surface area contributed by atoms with Gasteiger partial charge in [0.2, 0.25) is 0 Å². The van der Waals surface area contributed by atoms with E-state index in [0.717, 1.165) is 0 Å². The van der Waals surface area contributed by atoms with Gasteiger partial charge in [0.25, 0.3) is 5.91 Å². The summed E-state index contributed by atoms with van der Waals surface area (Å²) in [6, 6.07) is 1.51. The number of nitrogens with zero attached hydrogens (tertiary/aromatic N) is 3. The first-order valence-corrected chi connectivity index (χ1v) is 5.00. The molecular formula is C9H8ClN5O2. The van der Waals surface area contributed by atoms with E-state index in [9.17, 15) is 4.79 Å². The van der Waals surface area contributed by atoms with Crippen LogP contribution in [0, 0.1) is 6.92 Å². The Labute approximate surface area is 101 Å². The second-order valence-electron chi connectivity index (χ2n) is 3.15. The summed E-state index contributed by atoms with van der Waals surface area (Å²) < 4.78 is 4.76. The number of halogens is 1. The van der Waals surface area contributed by atoms with Gasteiger partial charge >= 0.3 is 0 Å². The van der Waals surface area contributed by atoms with E-state index in [4.69, 9.17) is 16.1 Å². The van der Waals surface area contributed by atoms with Crippen molar-refractivity contribution in [1.82, 2.24) is 20.8 Å². The minimum atomic E-state index is -0.464. The Morgan fingerprint density at radius 3 is 3.12 bits per heavy atom. The van der Waals surface area contributed by atoms with Crippen LogP contribution in [0.4, 0.5) is 0 Å². The van der Waals surface area contributed by atoms with Crippen molar-refractivity contribution in [3.8, 4) is 0 Å². The first-order chi connectivity index (χ1) is 8.16. The zero-order valence-corrected chi connectivity index (χ0v) is 9.52. The second kappa shape index (κ2) is 4.79. The van der Waals surface area contributed by atoms with E-state index >= 15 is 0 Å². The Bertz CT molecular complexity index is 559. The van der Waals surface area contributed by atoms with Crippen molar-refractivity contribution in [2.24, 2.45) is 5.10 Å². The summed E-state index contributed by atoms with van der Waals surface area (Å²) in [6.07, 6.45) is 2.78. The van der Waals surface area contributed by atoms with Crippen LogP contribution in [0.5, 0.6) is 0 Å². The molecule has 88 valence electrons. The van der Waals surface area contributed by atoms with Crippen LogP contribution in [0.15, 0.2) is 21.9 Å². The molecule has 2 aromatic heterocycles. The van der Waals surface area contributed by atoms with Crippen molar-refractivity contribution >= 4 is 23.7 Å². The maximum Gasteiger partial charge on any atom is 0.293 e. The first kappa shape index (κ1) is 11.3. The third-order valence-electron chi connectivity index (χ3n) is 1.84. The minimum absolute atomic E-state index is 0.162. The molecule has 0 bridgehead atoms. The van der Waals surface area contributed by atoms with Gasteiger partial charge in [-0.3, -0.25) is 9.89 Å². The highest BCUT2D eigenvalue weighted by Gasteiger charge is 2.09. The van der Waals surface area contributed by atoms with Gasteiger partial charge in [0.15, 0.2) is 5.69 Å². The van der Waals surface area contributed by atoms with Gasteiger partial charge in [0, 0.05) is 6.07 Å². The average Bonchev–Trinajstić information content (AvgIpc) is 2.88. The molecule has 2 aromatic rings. The molecule has 0 aliphatic rings. The van der Waals surface area contributed by atoms with Crippen molar-refractivity contribution in [2.75, 3.05) is 0 Å².